The van der Waals surface area contributed by atoms with E-state index in [-0.39, 0.29) is 0 Å². The molecule has 1 aliphatic carbocycles. The third kappa shape index (κ3) is 1.66. The topological polar surface area (TPSA) is 0 Å². The fourth-order valence-electron chi connectivity index (χ4n) is 2.11. The van der Waals surface area contributed by atoms with Crippen molar-refractivity contribution < 1.29 is 0 Å². The molecule has 0 nitrogen and oxygen atoms in total. The summed E-state index contributed by atoms with van der Waals surface area (Å²) in [5.41, 5.74) is 4.22. The van der Waals surface area contributed by atoms with Crippen LogP contribution >= 0.6 is 27.3 Å². The number of thiophene rings is 1. The minimum Gasteiger partial charge on any atom is -0.141 e. The number of aryl methyl sites for hydroxylation is 1. The Kier molecular flexibility index (Phi) is 2.49. The second kappa shape index (κ2) is 3.86. The first-order valence-corrected chi connectivity index (χ1v) is 6.91. The lowest BCUT2D eigenvalue weighted by Crippen LogP contribution is -1.84. The van der Waals surface area contributed by atoms with Crippen molar-refractivity contribution in [3.63, 3.8) is 0 Å². The summed E-state index contributed by atoms with van der Waals surface area (Å²) in [6, 6.07) is 11.0. The highest BCUT2D eigenvalue weighted by molar-refractivity contribution is 9.10. The van der Waals surface area contributed by atoms with E-state index in [1.54, 1.807) is 0 Å². The van der Waals surface area contributed by atoms with E-state index in [1.807, 2.05) is 11.3 Å². The molecule has 2 aromatic rings. The summed E-state index contributed by atoms with van der Waals surface area (Å²) >= 11 is 5.42. The summed E-state index contributed by atoms with van der Waals surface area (Å²) in [7, 11) is 0. The van der Waals surface area contributed by atoms with Crippen molar-refractivity contribution in [1.29, 1.82) is 0 Å². The van der Waals surface area contributed by atoms with E-state index in [1.165, 1.54) is 26.5 Å². The molecule has 2 heteroatoms. The number of allylic oxidation sites excluding steroid dienone is 1. The Hall–Kier alpha value is -0.860. The van der Waals surface area contributed by atoms with Gasteiger partial charge in [0.15, 0.2) is 0 Å². The molecule has 0 fully saturated rings. The Bertz CT molecular complexity index is 578. The van der Waals surface area contributed by atoms with Crippen LogP contribution in [0.3, 0.4) is 0 Å². The molecule has 0 atom stereocenters. The second-order valence-corrected chi connectivity index (χ2v) is 6.24. The Morgan fingerprint density at radius 3 is 2.81 bits per heavy atom. The Morgan fingerprint density at radius 2 is 2.06 bits per heavy atom. The molecule has 0 bridgehead atoms. The van der Waals surface area contributed by atoms with Crippen LogP contribution in [0.4, 0.5) is 0 Å². The quantitative estimate of drug-likeness (QED) is 0.707. The smallest absolute Gasteiger partial charge is 0.0348 e. The Labute approximate surface area is 108 Å². The lowest BCUT2D eigenvalue weighted by molar-refractivity contribution is 1.31. The van der Waals surface area contributed by atoms with Gasteiger partial charge in [0, 0.05) is 14.2 Å². The minimum absolute atomic E-state index is 1.06. The van der Waals surface area contributed by atoms with Crippen LogP contribution in [0.25, 0.3) is 5.57 Å². The van der Waals surface area contributed by atoms with E-state index in [0.717, 1.165) is 10.9 Å². The van der Waals surface area contributed by atoms with Crippen molar-refractivity contribution in [2.45, 2.75) is 13.3 Å². The summed E-state index contributed by atoms with van der Waals surface area (Å²) in [6.45, 7) is 2.16. The molecule has 0 N–H and O–H groups in total. The predicted octanol–water partition coefficient (Wildman–Crippen LogP) is 4.81. The van der Waals surface area contributed by atoms with Gasteiger partial charge in [0.1, 0.15) is 0 Å². The van der Waals surface area contributed by atoms with Gasteiger partial charge in [-0.2, -0.15) is 0 Å². The van der Waals surface area contributed by atoms with E-state index in [2.05, 4.69) is 59.3 Å². The van der Waals surface area contributed by atoms with Crippen LogP contribution in [0.1, 0.15) is 20.9 Å². The van der Waals surface area contributed by atoms with Crippen molar-refractivity contribution >= 4 is 32.8 Å². The first-order valence-electron chi connectivity index (χ1n) is 5.30. The van der Waals surface area contributed by atoms with Crippen LogP contribution < -0.4 is 0 Å². The highest BCUT2D eigenvalue weighted by Gasteiger charge is 2.16. The lowest BCUT2D eigenvalue weighted by atomic mass is 10.1. The molecule has 80 valence electrons. The number of hydrogen-bond donors (Lipinski definition) is 0. The molecule has 1 aliphatic rings. The van der Waals surface area contributed by atoms with Gasteiger partial charge in [0.05, 0.1) is 0 Å². The Morgan fingerprint density at radius 1 is 1.19 bits per heavy atom. The van der Waals surface area contributed by atoms with Gasteiger partial charge in [0.25, 0.3) is 0 Å². The van der Waals surface area contributed by atoms with E-state index >= 15 is 0 Å². The van der Waals surface area contributed by atoms with Crippen molar-refractivity contribution in [2.24, 2.45) is 0 Å². The van der Waals surface area contributed by atoms with Gasteiger partial charge in [-0.3, -0.25) is 0 Å². The fourth-order valence-corrected chi connectivity index (χ4v) is 3.40. The summed E-state index contributed by atoms with van der Waals surface area (Å²) in [5, 5.41) is 0. The summed E-state index contributed by atoms with van der Waals surface area (Å²) in [4.78, 5) is 2.76. The molecule has 3 rings (SSSR count). The first kappa shape index (κ1) is 10.3. The van der Waals surface area contributed by atoms with Crippen LogP contribution in [-0.4, -0.2) is 0 Å². The average molecular weight is 291 g/mol. The monoisotopic (exact) mass is 290 g/mol. The Balaban J connectivity index is 2.11. The molecule has 1 heterocycles. The minimum atomic E-state index is 1.06. The number of fused-ring (bicyclic) bond motifs is 1. The number of hydrogen-bond acceptors (Lipinski definition) is 1. The standard InChI is InChI=1S/C14H11BrS/c1-9-2-7-14(16-9)12-6-4-10-3-5-11(15)8-13(10)12/h2-3,5-8H,4H2,1H3. The number of benzene rings is 1. The molecule has 0 aliphatic heterocycles. The second-order valence-electron chi connectivity index (χ2n) is 4.03. The van der Waals surface area contributed by atoms with Gasteiger partial charge in [-0.25, -0.2) is 0 Å². The molecule has 1 aromatic carbocycles. The SMILES string of the molecule is Cc1ccc(C2=CCc3ccc(Br)cc32)s1. The zero-order chi connectivity index (χ0) is 11.1. The number of halogens is 1. The molecular weight excluding hydrogens is 280 g/mol. The van der Waals surface area contributed by atoms with Crippen LogP contribution in [0, 0.1) is 6.92 Å². The average Bonchev–Trinajstić information content (AvgIpc) is 2.83. The van der Waals surface area contributed by atoms with Crippen LogP contribution in [0.2, 0.25) is 0 Å². The van der Waals surface area contributed by atoms with Gasteiger partial charge in [0.2, 0.25) is 0 Å². The summed E-state index contributed by atoms with van der Waals surface area (Å²) < 4.78 is 1.16. The normalized spacial score (nSPS) is 13.8. The zero-order valence-electron chi connectivity index (χ0n) is 8.96. The molecule has 0 spiro atoms. The van der Waals surface area contributed by atoms with Crippen LogP contribution in [0.15, 0.2) is 40.9 Å². The summed E-state index contributed by atoms with van der Waals surface area (Å²) in [6.07, 6.45) is 3.40. The van der Waals surface area contributed by atoms with Crippen LogP contribution in [-0.2, 0) is 6.42 Å². The molecule has 0 radical (unpaired) electrons. The van der Waals surface area contributed by atoms with Crippen molar-refractivity contribution in [3.05, 3.63) is 61.8 Å². The van der Waals surface area contributed by atoms with Gasteiger partial charge in [-0.1, -0.05) is 28.1 Å². The maximum absolute atomic E-state index is 3.55. The third-order valence-corrected chi connectivity index (χ3v) is 4.42. The fraction of sp³-hybridized carbons (Fsp3) is 0.143. The van der Waals surface area contributed by atoms with E-state index in [0.29, 0.717) is 0 Å². The van der Waals surface area contributed by atoms with Gasteiger partial charge >= 0.3 is 0 Å². The summed E-state index contributed by atoms with van der Waals surface area (Å²) in [5.74, 6) is 0. The molecular formula is C14H11BrS. The molecule has 0 amide bonds. The maximum atomic E-state index is 3.55. The molecule has 0 saturated heterocycles. The van der Waals surface area contributed by atoms with Gasteiger partial charge < -0.3 is 0 Å². The highest BCUT2D eigenvalue weighted by atomic mass is 79.9. The third-order valence-electron chi connectivity index (χ3n) is 2.89. The van der Waals surface area contributed by atoms with E-state index in [4.69, 9.17) is 0 Å². The predicted molar refractivity (Wildman–Crippen MR) is 74.0 cm³/mol. The first-order chi connectivity index (χ1) is 7.74. The van der Waals surface area contributed by atoms with Gasteiger partial charge in [-0.15, -0.1) is 11.3 Å². The van der Waals surface area contributed by atoms with Crippen LogP contribution in [0.5, 0.6) is 0 Å². The molecule has 0 unspecified atom stereocenters. The molecule has 16 heavy (non-hydrogen) atoms. The van der Waals surface area contributed by atoms with Gasteiger partial charge in [-0.05, 0) is 54.3 Å². The maximum Gasteiger partial charge on any atom is 0.0348 e. The zero-order valence-corrected chi connectivity index (χ0v) is 11.4. The molecule has 0 saturated carbocycles. The van der Waals surface area contributed by atoms with E-state index < -0.39 is 0 Å². The van der Waals surface area contributed by atoms with Crippen molar-refractivity contribution in [3.8, 4) is 0 Å². The van der Waals surface area contributed by atoms with E-state index in [9.17, 15) is 0 Å². The van der Waals surface area contributed by atoms with Crippen molar-refractivity contribution in [1.82, 2.24) is 0 Å². The largest absolute Gasteiger partial charge is 0.141 e. The van der Waals surface area contributed by atoms with Crippen molar-refractivity contribution in [2.75, 3.05) is 0 Å². The number of rotatable bonds is 1. The lowest BCUT2D eigenvalue weighted by Gasteiger charge is -2.04. The molecule has 1 aromatic heterocycles. The highest BCUT2D eigenvalue weighted by Crippen LogP contribution is 2.37.